The van der Waals surface area contributed by atoms with Gasteiger partial charge in [0.25, 0.3) is 5.91 Å². The third-order valence-electron chi connectivity index (χ3n) is 1.57. The summed E-state index contributed by atoms with van der Waals surface area (Å²) in [6.07, 6.45) is 0. The van der Waals surface area contributed by atoms with Gasteiger partial charge in [0.1, 0.15) is 5.82 Å². The zero-order valence-corrected chi connectivity index (χ0v) is 7.69. The van der Waals surface area contributed by atoms with Crippen molar-refractivity contribution in [3.8, 4) is 0 Å². The summed E-state index contributed by atoms with van der Waals surface area (Å²) in [6, 6.07) is 3.86. The van der Waals surface area contributed by atoms with E-state index in [1.54, 1.807) is 6.92 Å². The third-order valence-corrected chi connectivity index (χ3v) is 1.66. The van der Waals surface area contributed by atoms with Crippen LogP contribution in [0.5, 0.6) is 0 Å². The quantitative estimate of drug-likeness (QED) is 0.508. The van der Waals surface area contributed by atoms with E-state index in [0.717, 1.165) is 0 Å². The molecular weight excluding hydrogens is 189 g/mol. The summed E-state index contributed by atoms with van der Waals surface area (Å²) in [5.41, 5.74) is 0.887. The van der Waals surface area contributed by atoms with E-state index in [2.05, 4.69) is 17.2 Å². The molecule has 0 saturated carbocycles. The van der Waals surface area contributed by atoms with E-state index in [1.165, 1.54) is 18.2 Å². The van der Waals surface area contributed by atoms with E-state index < -0.39 is 5.91 Å². The number of hydrogen-bond acceptors (Lipinski definition) is 2. The second-order valence-corrected chi connectivity index (χ2v) is 2.65. The summed E-state index contributed by atoms with van der Waals surface area (Å²) in [7, 11) is 0. The third kappa shape index (κ3) is 2.28. The standard InChI is InChI=1S/C9H6FNOS/c1-6-4-7(10)2-3-8(6)9(12)11-5-13/h2-4H,1H3. The van der Waals surface area contributed by atoms with E-state index in [0.29, 0.717) is 11.1 Å². The average molecular weight is 195 g/mol. The summed E-state index contributed by atoms with van der Waals surface area (Å²) in [5.74, 6) is -0.868. The minimum Gasteiger partial charge on any atom is -0.266 e. The topological polar surface area (TPSA) is 29.4 Å². The first-order valence-corrected chi connectivity index (χ1v) is 3.94. The summed E-state index contributed by atoms with van der Waals surface area (Å²) < 4.78 is 12.6. The Kier molecular flexibility index (Phi) is 3.01. The molecule has 0 aliphatic heterocycles. The molecule has 0 aromatic heterocycles. The molecule has 66 valence electrons. The first-order valence-electron chi connectivity index (χ1n) is 3.53. The number of benzene rings is 1. The Balaban J connectivity index is 3.16. The molecule has 1 aromatic rings. The van der Waals surface area contributed by atoms with E-state index in [1.807, 2.05) is 5.16 Å². The fourth-order valence-electron chi connectivity index (χ4n) is 0.969. The van der Waals surface area contributed by atoms with Crippen molar-refractivity contribution in [1.82, 2.24) is 0 Å². The maximum Gasteiger partial charge on any atom is 0.286 e. The number of hydrogen-bond donors (Lipinski definition) is 0. The molecule has 0 saturated heterocycles. The molecule has 1 amide bonds. The lowest BCUT2D eigenvalue weighted by Crippen LogP contribution is -1.97. The molecule has 1 rings (SSSR count). The molecule has 2 nitrogen and oxygen atoms in total. The molecule has 0 aliphatic rings. The van der Waals surface area contributed by atoms with E-state index in [-0.39, 0.29) is 5.82 Å². The van der Waals surface area contributed by atoms with Gasteiger partial charge < -0.3 is 0 Å². The predicted octanol–water partition coefficient (Wildman–Crippen LogP) is 2.38. The highest BCUT2D eigenvalue weighted by atomic mass is 32.1. The fourth-order valence-corrected chi connectivity index (χ4v) is 1.05. The van der Waals surface area contributed by atoms with E-state index in [9.17, 15) is 9.18 Å². The van der Waals surface area contributed by atoms with Crippen LogP contribution in [0.15, 0.2) is 23.2 Å². The molecule has 0 radical (unpaired) electrons. The summed E-state index contributed by atoms with van der Waals surface area (Å²) in [6.45, 7) is 1.63. The van der Waals surface area contributed by atoms with Crippen molar-refractivity contribution in [2.75, 3.05) is 0 Å². The van der Waals surface area contributed by atoms with Gasteiger partial charge in [-0.15, -0.1) is 0 Å². The second kappa shape index (κ2) is 4.03. The monoisotopic (exact) mass is 195 g/mol. The minimum atomic E-state index is -0.493. The molecule has 0 heterocycles. The molecule has 0 atom stereocenters. The number of halogens is 1. The fraction of sp³-hybridized carbons (Fsp3) is 0.111. The number of rotatable bonds is 1. The molecule has 0 spiro atoms. The van der Waals surface area contributed by atoms with Crippen LogP contribution in [-0.4, -0.2) is 11.1 Å². The van der Waals surface area contributed by atoms with Gasteiger partial charge in [-0.1, -0.05) is 0 Å². The Hall–Kier alpha value is -1.38. The number of isothiocyanates is 1. The average Bonchev–Trinajstić information content (AvgIpc) is 2.04. The highest BCUT2D eigenvalue weighted by Gasteiger charge is 2.07. The lowest BCUT2D eigenvalue weighted by molar-refractivity contribution is 0.100. The van der Waals surface area contributed by atoms with Crippen LogP contribution >= 0.6 is 12.2 Å². The Labute approximate surface area is 80.1 Å². The van der Waals surface area contributed by atoms with Crippen molar-refractivity contribution in [1.29, 1.82) is 0 Å². The van der Waals surface area contributed by atoms with Crippen molar-refractivity contribution in [3.05, 3.63) is 35.1 Å². The Morgan fingerprint density at radius 1 is 1.62 bits per heavy atom. The van der Waals surface area contributed by atoms with Crippen molar-refractivity contribution in [3.63, 3.8) is 0 Å². The highest BCUT2D eigenvalue weighted by molar-refractivity contribution is 7.78. The first kappa shape index (κ1) is 9.71. The smallest absolute Gasteiger partial charge is 0.266 e. The number of aliphatic imine (C=N–C) groups is 1. The van der Waals surface area contributed by atoms with Gasteiger partial charge in [0.05, 0.1) is 5.16 Å². The molecule has 0 N–H and O–H groups in total. The Bertz CT molecular complexity index is 397. The summed E-state index contributed by atoms with van der Waals surface area (Å²) >= 11 is 4.29. The maximum absolute atomic E-state index is 12.6. The van der Waals surface area contributed by atoms with Gasteiger partial charge in [0, 0.05) is 5.56 Å². The van der Waals surface area contributed by atoms with Gasteiger partial charge >= 0.3 is 0 Å². The predicted molar refractivity (Wildman–Crippen MR) is 50.5 cm³/mol. The van der Waals surface area contributed by atoms with Crippen LogP contribution in [0, 0.1) is 12.7 Å². The van der Waals surface area contributed by atoms with Crippen molar-refractivity contribution >= 4 is 23.3 Å². The highest BCUT2D eigenvalue weighted by Crippen LogP contribution is 2.10. The molecule has 0 aliphatic carbocycles. The SMILES string of the molecule is Cc1cc(F)ccc1C(=O)N=C=S. The second-order valence-electron chi connectivity index (χ2n) is 2.47. The van der Waals surface area contributed by atoms with E-state index in [4.69, 9.17) is 0 Å². The van der Waals surface area contributed by atoms with Crippen molar-refractivity contribution in [2.45, 2.75) is 6.92 Å². The molecule has 1 aromatic carbocycles. The zero-order chi connectivity index (χ0) is 9.84. The van der Waals surface area contributed by atoms with Crippen LogP contribution in [0.2, 0.25) is 0 Å². The van der Waals surface area contributed by atoms with Crippen LogP contribution in [0.1, 0.15) is 15.9 Å². The number of carbonyl (C=O) groups is 1. The molecule has 0 fully saturated rings. The molecule has 4 heteroatoms. The number of carbonyl (C=O) groups excluding carboxylic acids is 1. The van der Waals surface area contributed by atoms with Gasteiger partial charge in [0.15, 0.2) is 0 Å². The van der Waals surface area contributed by atoms with Crippen LogP contribution in [-0.2, 0) is 0 Å². The Morgan fingerprint density at radius 2 is 2.31 bits per heavy atom. The van der Waals surface area contributed by atoms with Crippen molar-refractivity contribution < 1.29 is 9.18 Å². The van der Waals surface area contributed by atoms with Crippen LogP contribution < -0.4 is 0 Å². The first-order chi connectivity index (χ1) is 6.15. The van der Waals surface area contributed by atoms with Gasteiger partial charge in [-0.2, -0.15) is 4.99 Å². The van der Waals surface area contributed by atoms with Crippen LogP contribution in [0.4, 0.5) is 4.39 Å². The van der Waals surface area contributed by atoms with Gasteiger partial charge in [-0.3, -0.25) is 4.79 Å². The van der Waals surface area contributed by atoms with Gasteiger partial charge in [-0.25, -0.2) is 4.39 Å². The molecule has 13 heavy (non-hydrogen) atoms. The van der Waals surface area contributed by atoms with Crippen LogP contribution in [0.3, 0.4) is 0 Å². The normalized spacial score (nSPS) is 9.08. The van der Waals surface area contributed by atoms with Crippen LogP contribution in [0.25, 0.3) is 0 Å². The Morgan fingerprint density at radius 3 is 2.85 bits per heavy atom. The lowest BCUT2D eigenvalue weighted by atomic mass is 10.1. The van der Waals surface area contributed by atoms with Crippen molar-refractivity contribution in [2.24, 2.45) is 4.99 Å². The lowest BCUT2D eigenvalue weighted by Gasteiger charge is -1.99. The molecule has 0 bridgehead atoms. The number of nitrogens with zero attached hydrogens (tertiary/aromatic N) is 1. The van der Waals surface area contributed by atoms with Gasteiger partial charge in [-0.05, 0) is 42.9 Å². The van der Waals surface area contributed by atoms with Gasteiger partial charge in [0.2, 0.25) is 0 Å². The maximum atomic E-state index is 12.6. The zero-order valence-electron chi connectivity index (χ0n) is 6.87. The number of aryl methyl sites for hydroxylation is 1. The summed E-state index contributed by atoms with van der Waals surface area (Å²) in [4.78, 5) is 14.4. The molecular formula is C9H6FNOS. The number of amides is 1. The number of thiocarbonyl (C=S) groups is 1. The minimum absolute atomic E-state index is 0.346. The molecule has 0 unspecified atom stereocenters. The largest absolute Gasteiger partial charge is 0.286 e. The summed E-state index contributed by atoms with van der Waals surface area (Å²) in [5, 5.41) is 1.97. The van der Waals surface area contributed by atoms with E-state index >= 15 is 0 Å².